The highest BCUT2D eigenvalue weighted by molar-refractivity contribution is 14.1. The third-order valence-electron chi connectivity index (χ3n) is 3.03. The second-order valence-electron chi connectivity index (χ2n) is 3.86. The average Bonchev–Trinajstić information content (AvgIpc) is 2.18. The molecule has 0 saturated carbocycles. The van der Waals surface area contributed by atoms with Gasteiger partial charge in [0.25, 0.3) is 0 Å². The van der Waals surface area contributed by atoms with E-state index in [4.69, 9.17) is 4.74 Å². The van der Waals surface area contributed by atoms with E-state index in [-0.39, 0.29) is 0 Å². The molecule has 0 aliphatic heterocycles. The Balaban J connectivity index is 2.57. The summed E-state index contributed by atoms with van der Waals surface area (Å²) >= 11 is 2.37. The largest absolute Gasteiger partial charge is 0.495 e. The minimum absolute atomic E-state index is 1.08. The van der Waals surface area contributed by atoms with Gasteiger partial charge in [0, 0.05) is 0 Å². The molecule has 76 valence electrons. The molecule has 1 aliphatic rings. The van der Waals surface area contributed by atoms with Crippen molar-refractivity contribution >= 4 is 22.6 Å². The highest BCUT2D eigenvalue weighted by Crippen LogP contribution is 2.34. The van der Waals surface area contributed by atoms with Gasteiger partial charge in [-0.3, -0.25) is 0 Å². The van der Waals surface area contributed by atoms with Gasteiger partial charge in [-0.15, -0.1) is 0 Å². The summed E-state index contributed by atoms with van der Waals surface area (Å²) in [5.74, 6) is 1.08. The highest BCUT2D eigenvalue weighted by atomic mass is 127. The van der Waals surface area contributed by atoms with Gasteiger partial charge in [-0.05, 0) is 78.0 Å². The first kappa shape index (κ1) is 10.3. The van der Waals surface area contributed by atoms with Crippen molar-refractivity contribution in [2.75, 3.05) is 7.11 Å². The van der Waals surface area contributed by atoms with Gasteiger partial charge in [-0.25, -0.2) is 0 Å². The van der Waals surface area contributed by atoms with Crippen LogP contribution < -0.4 is 4.74 Å². The van der Waals surface area contributed by atoms with Crippen LogP contribution in [-0.2, 0) is 12.8 Å². The van der Waals surface area contributed by atoms with Crippen molar-refractivity contribution in [2.45, 2.75) is 32.6 Å². The van der Waals surface area contributed by atoms with Gasteiger partial charge in [0.2, 0.25) is 0 Å². The van der Waals surface area contributed by atoms with Crippen LogP contribution in [0.15, 0.2) is 6.07 Å². The zero-order chi connectivity index (χ0) is 10.1. The summed E-state index contributed by atoms with van der Waals surface area (Å²) in [6.45, 7) is 2.19. The monoisotopic (exact) mass is 302 g/mol. The molecule has 2 heteroatoms. The van der Waals surface area contributed by atoms with Gasteiger partial charge in [-0.2, -0.15) is 0 Å². The number of fused-ring (bicyclic) bond motifs is 1. The lowest BCUT2D eigenvalue weighted by Gasteiger charge is -2.21. The predicted molar refractivity (Wildman–Crippen MR) is 67.1 cm³/mol. The molecule has 0 spiro atoms. The first-order valence-corrected chi connectivity index (χ1v) is 6.16. The molecule has 0 radical (unpaired) electrons. The SMILES string of the molecule is COc1c(I)cc2c(c1C)CCCC2. The molecule has 0 atom stereocenters. The number of rotatable bonds is 1. The summed E-state index contributed by atoms with van der Waals surface area (Å²) in [7, 11) is 1.76. The predicted octanol–water partition coefficient (Wildman–Crippen LogP) is 3.49. The van der Waals surface area contributed by atoms with E-state index in [1.807, 2.05) is 0 Å². The average molecular weight is 302 g/mol. The summed E-state index contributed by atoms with van der Waals surface area (Å²) in [4.78, 5) is 0. The fourth-order valence-corrected chi connectivity index (χ4v) is 3.30. The minimum atomic E-state index is 1.08. The van der Waals surface area contributed by atoms with Gasteiger partial charge < -0.3 is 4.74 Å². The van der Waals surface area contributed by atoms with Crippen LogP contribution in [0, 0.1) is 10.5 Å². The molecule has 0 aromatic heterocycles. The topological polar surface area (TPSA) is 9.23 Å². The molecule has 0 heterocycles. The zero-order valence-corrected chi connectivity index (χ0v) is 10.8. The quantitative estimate of drug-likeness (QED) is 0.722. The molecule has 1 nitrogen and oxygen atoms in total. The Morgan fingerprint density at radius 1 is 1.29 bits per heavy atom. The standard InChI is InChI=1S/C12H15IO/c1-8-10-6-4-3-5-9(10)7-11(13)12(8)14-2/h7H,3-6H2,1-2H3. The second kappa shape index (κ2) is 4.09. The fraction of sp³-hybridized carbons (Fsp3) is 0.500. The molecule has 0 fully saturated rings. The lowest BCUT2D eigenvalue weighted by atomic mass is 9.88. The van der Waals surface area contributed by atoms with Crippen LogP contribution in [0.3, 0.4) is 0 Å². The summed E-state index contributed by atoms with van der Waals surface area (Å²) in [6, 6.07) is 2.29. The molecule has 0 saturated heterocycles. The third kappa shape index (κ3) is 1.64. The molecule has 14 heavy (non-hydrogen) atoms. The smallest absolute Gasteiger partial charge is 0.135 e. The van der Waals surface area contributed by atoms with Crippen LogP contribution in [0.1, 0.15) is 29.5 Å². The first-order valence-electron chi connectivity index (χ1n) is 5.09. The van der Waals surface area contributed by atoms with E-state index in [0.29, 0.717) is 0 Å². The number of aryl methyl sites for hydroxylation is 1. The molecule has 1 aliphatic carbocycles. The number of ether oxygens (including phenoxy) is 1. The number of hydrogen-bond acceptors (Lipinski definition) is 1. The van der Waals surface area contributed by atoms with Crippen molar-refractivity contribution in [1.82, 2.24) is 0 Å². The van der Waals surface area contributed by atoms with Gasteiger partial charge in [0.1, 0.15) is 5.75 Å². The Morgan fingerprint density at radius 3 is 2.71 bits per heavy atom. The lowest BCUT2D eigenvalue weighted by molar-refractivity contribution is 0.407. The van der Waals surface area contributed by atoms with E-state index in [2.05, 4.69) is 35.6 Å². The molecule has 0 bridgehead atoms. The van der Waals surface area contributed by atoms with E-state index >= 15 is 0 Å². The van der Waals surface area contributed by atoms with Gasteiger partial charge >= 0.3 is 0 Å². The highest BCUT2D eigenvalue weighted by Gasteiger charge is 2.16. The van der Waals surface area contributed by atoms with Crippen LogP contribution in [0.2, 0.25) is 0 Å². The summed E-state index contributed by atoms with van der Waals surface area (Å²) < 4.78 is 6.69. The van der Waals surface area contributed by atoms with E-state index in [9.17, 15) is 0 Å². The van der Waals surface area contributed by atoms with Crippen LogP contribution in [-0.4, -0.2) is 7.11 Å². The Hall–Kier alpha value is -0.250. The number of hydrogen-bond donors (Lipinski definition) is 0. The molecule has 2 rings (SSSR count). The van der Waals surface area contributed by atoms with Crippen molar-refractivity contribution in [1.29, 1.82) is 0 Å². The lowest BCUT2D eigenvalue weighted by Crippen LogP contribution is -2.07. The van der Waals surface area contributed by atoms with Crippen molar-refractivity contribution in [3.05, 3.63) is 26.3 Å². The van der Waals surface area contributed by atoms with Gasteiger partial charge in [0.05, 0.1) is 10.7 Å². The number of halogens is 1. The molecule has 0 unspecified atom stereocenters. The zero-order valence-electron chi connectivity index (χ0n) is 8.69. The molecule has 0 amide bonds. The van der Waals surface area contributed by atoms with Crippen LogP contribution in [0.4, 0.5) is 0 Å². The van der Waals surface area contributed by atoms with E-state index in [1.54, 1.807) is 12.7 Å². The van der Waals surface area contributed by atoms with Crippen LogP contribution in [0.25, 0.3) is 0 Å². The summed E-state index contributed by atoms with van der Waals surface area (Å²) in [5.41, 5.74) is 4.43. The van der Waals surface area contributed by atoms with E-state index < -0.39 is 0 Å². The maximum Gasteiger partial charge on any atom is 0.135 e. The summed E-state index contributed by atoms with van der Waals surface area (Å²) in [5, 5.41) is 0. The Morgan fingerprint density at radius 2 is 2.00 bits per heavy atom. The Kier molecular flexibility index (Phi) is 3.00. The van der Waals surface area contributed by atoms with Crippen LogP contribution in [0.5, 0.6) is 5.75 Å². The Bertz CT molecular complexity index is 358. The van der Waals surface area contributed by atoms with E-state index in [1.165, 1.54) is 40.4 Å². The van der Waals surface area contributed by atoms with Crippen molar-refractivity contribution in [3.63, 3.8) is 0 Å². The third-order valence-corrected chi connectivity index (χ3v) is 3.83. The van der Waals surface area contributed by atoms with Gasteiger partial charge in [0.15, 0.2) is 0 Å². The number of benzene rings is 1. The molecule has 0 N–H and O–H groups in total. The molecule has 1 aromatic carbocycles. The van der Waals surface area contributed by atoms with Crippen LogP contribution >= 0.6 is 22.6 Å². The maximum absolute atomic E-state index is 5.43. The first-order chi connectivity index (χ1) is 6.74. The molecule has 1 aromatic rings. The number of methoxy groups -OCH3 is 1. The normalized spacial score (nSPS) is 15.1. The Labute approximate surface area is 99.0 Å². The maximum atomic E-state index is 5.43. The van der Waals surface area contributed by atoms with Crippen molar-refractivity contribution in [2.24, 2.45) is 0 Å². The fourth-order valence-electron chi connectivity index (χ4n) is 2.30. The van der Waals surface area contributed by atoms with Crippen molar-refractivity contribution < 1.29 is 4.74 Å². The second-order valence-corrected chi connectivity index (χ2v) is 5.02. The molecular weight excluding hydrogens is 287 g/mol. The minimum Gasteiger partial charge on any atom is -0.495 e. The van der Waals surface area contributed by atoms with Crippen molar-refractivity contribution in [3.8, 4) is 5.75 Å². The van der Waals surface area contributed by atoms with E-state index in [0.717, 1.165) is 5.75 Å². The van der Waals surface area contributed by atoms with Gasteiger partial charge in [-0.1, -0.05) is 0 Å². The molecular formula is C12H15IO. The summed E-state index contributed by atoms with van der Waals surface area (Å²) in [6.07, 6.45) is 5.15.